The molecule has 5 heteroatoms. The van der Waals surface area contributed by atoms with Gasteiger partial charge in [0.1, 0.15) is 11.6 Å². The molecular formula is C34H40F2N2O. The minimum atomic E-state index is -0.323. The average molecular weight is 531 g/mol. The first-order valence-corrected chi connectivity index (χ1v) is 14.5. The Morgan fingerprint density at radius 2 is 1.51 bits per heavy atom. The third kappa shape index (κ3) is 7.13. The third-order valence-electron chi connectivity index (χ3n) is 9.05. The van der Waals surface area contributed by atoms with E-state index in [1.807, 2.05) is 24.1 Å². The van der Waals surface area contributed by atoms with Gasteiger partial charge in [-0.25, -0.2) is 8.78 Å². The van der Waals surface area contributed by atoms with Crippen LogP contribution in [0.2, 0.25) is 0 Å². The molecule has 0 N–H and O–H groups in total. The molecule has 2 aliphatic rings. The Kier molecular flexibility index (Phi) is 9.08. The van der Waals surface area contributed by atoms with E-state index in [0.29, 0.717) is 17.4 Å². The fraction of sp³-hybridized carbons (Fsp3) is 0.441. The second kappa shape index (κ2) is 12.9. The van der Waals surface area contributed by atoms with Gasteiger partial charge in [0.25, 0.3) is 5.91 Å². The lowest BCUT2D eigenvalue weighted by Gasteiger charge is -2.35. The van der Waals surface area contributed by atoms with Gasteiger partial charge in [0.15, 0.2) is 0 Å². The van der Waals surface area contributed by atoms with Gasteiger partial charge < -0.3 is 9.80 Å². The van der Waals surface area contributed by atoms with Crippen LogP contribution in [0.3, 0.4) is 0 Å². The Hall–Kier alpha value is -3.05. The third-order valence-corrected chi connectivity index (χ3v) is 9.05. The van der Waals surface area contributed by atoms with E-state index in [4.69, 9.17) is 0 Å². The lowest BCUT2D eigenvalue weighted by atomic mass is 9.87. The van der Waals surface area contributed by atoms with Crippen LogP contribution < -0.4 is 0 Å². The minimum Gasteiger partial charge on any atom is -0.339 e. The van der Waals surface area contributed by atoms with Crippen LogP contribution in [0.25, 0.3) is 0 Å². The predicted molar refractivity (Wildman–Crippen MR) is 153 cm³/mol. The summed E-state index contributed by atoms with van der Waals surface area (Å²) in [5.74, 6) is 1.16. The number of amides is 1. The predicted octanol–water partition coefficient (Wildman–Crippen LogP) is 7.33. The van der Waals surface area contributed by atoms with Crippen LogP contribution in [0.15, 0.2) is 78.9 Å². The summed E-state index contributed by atoms with van der Waals surface area (Å²) < 4.78 is 26.5. The standard InChI is InChI=1S/C34H40F2N2O/c1-37(34(39)28-12-16-31(36)17-13-28)32-22-29(33(23-32)27-8-3-2-4-9-27)24-38-20-18-26(19-21-38)7-5-6-25-10-14-30(35)15-11-25/h2-4,8-17,26,29,32-33H,5-7,18-24H2,1H3/t29-,32?,33-/m1/s1. The van der Waals surface area contributed by atoms with Crippen LogP contribution in [0.5, 0.6) is 0 Å². The Morgan fingerprint density at radius 3 is 2.18 bits per heavy atom. The highest BCUT2D eigenvalue weighted by molar-refractivity contribution is 5.94. The molecule has 0 radical (unpaired) electrons. The van der Waals surface area contributed by atoms with E-state index >= 15 is 0 Å². The SMILES string of the molecule is CN(C(=O)c1ccc(F)cc1)C1C[C@H](CN2CCC(CCCc3ccc(F)cc3)CC2)[C@@H](c2ccccc2)C1. The second-order valence-corrected chi connectivity index (χ2v) is 11.6. The number of rotatable bonds is 9. The molecule has 3 aromatic carbocycles. The average Bonchev–Trinajstić information content (AvgIpc) is 3.39. The number of halogens is 2. The van der Waals surface area contributed by atoms with Crippen molar-refractivity contribution in [3.8, 4) is 0 Å². The number of carbonyl (C=O) groups excluding carboxylic acids is 1. The zero-order chi connectivity index (χ0) is 27.2. The van der Waals surface area contributed by atoms with Gasteiger partial charge in [-0.05, 0) is 117 Å². The number of hydrogen-bond donors (Lipinski definition) is 0. The van der Waals surface area contributed by atoms with Gasteiger partial charge in [0, 0.05) is 25.2 Å². The van der Waals surface area contributed by atoms with Crippen molar-refractivity contribution in [2.75, 3.05) is 26.7 Å². The summed E-state index contributed by atoms with van der Waals surface area (Å²) in [5, 5.41) is 0. The molecule has 3 atom stereocenters. The number of likely N-dealkylation sites (tertiary alicyclic amines) is 1. The van der Waals surface area contributed by atoms with E-state index in [1.54, 1.807) is 24.3 Å². The van der Waals surface area contributed by atoms with E-state index < -0.39 is 0 Å². The second-order valence-electron chi connectivity index (χ2n) is 11.6. The molecule has 0 bridgehead atoms. The molecule has 1 unspecified atom stereocenters. The molecule has 2 fully saturated rings. The Morgan fingerprint density at radius 1 is 0.872 bits per heavy atom. The number of aryl methyl sites for hydroxylation is 1. The largest absolute Gasteiger partial charge is 0.339 e. The maximum atomic E-state index is 13.4. The van der Waals surface area contributed by atoms with E-state index in [9.17, 15) is 13.6 Å². The highest BCUT2D eigenvalue weighted by Gasteiger charge is 2.39. The van der Waals surface area contributed by atoms with Crippen LogP contribution in [-0.4, -0.2) is 48.4 Å². The van der Waals surface area contributed by atoms with E-state index in [1.165, 1.54) is 42.5 Å². The minimum absolute atomic E-state index is 0.0334. The van der Waals surface area contributed by atoms with Crippen LogP contribution >= 0.6 is 0 Å². The molecule has 3 nitrogen and oxygen atoms in total. The molecule has 3 aromatic rings. The van der Waals surface area contributed by atoms with Crippen molar-refractivity contribution in [2.24, 2.45) is 11.8 Å². The van der Waals surface area contributed by atoms with Crippen LogP contribution in [0, 0.1) is 23.5 Å². The zero-order valence-electron chi connectivity index (χ0n) is 22.9. The summed E-state index contributed by atoms with van der Waals surface area (Å²) >= 11 is 0. The van der Waals surface area contributed by atoms with Gasteiger partial charge in [-0.1, -0.05) is 48.9 Å². The molecule has 39 heavy (non-hydrogen) atoms. The van der Waals surface area contributed by atoms with Crippen molar-refractivity contribution >= 4 is 5.91 Å². The van der Waals surface area contributed by atoms with Crippen LogP contribution in [0.1, 0.15) is 65.9 Å². The van der Waals surface area contributed by atoms with Gasteiger partial charge in [0.2, 0.25) is 0 Å². The number of benzene rings is 3. The normalized spacial score (nSPS) is 22.2. The van der Waals surface area contributed by atoms with Crippen molar-refractivity contribution in [3.05, 3.63) is 107 Å². The van der Waals surface area contributed by atoms with Crippen LogP contribution in [-0.2, 0) is 6.42 Å². The Bertz CT molecular complexity index is 1190. The number of carbonyl (C=O) groups is 1. The topological polar surface area (TPSA) is 23.6 Å². The smallest absolute Gasteiger partial charge is 0.253 e. The lowest BCUT2D eigenvalue weighted by Crippen LogP contribution is -2.38. The van der Waals surface area contributed by atoms with Crippen molar-refractivity contribution in [1.29, 1.82) is 0 Å². The lowest BCUT2D eigenvalue weighted by molar-refractivity contribution is 0.0728. The summed E-state index contributed by atoms with van der Waals surface area (Å²) in [6, 6.07) is 23.7. The van der Waals surface area contributed by atoms with E-state index in [-0.39, 0.29) is 23.6 Å². The van der Waals surface area contributed by atoms with Gasteiger partial charge >= 0.3 is 0 Å². The van der Waals surface area contributed by atoms with Crippen molar-refractivity contribution < 1.29 is 13.6 Å². The quantitative estimate of drug-likeness (QED) is 0.289. The molecule has 206 valence electrons. The number of nitrogens with zero attached hydrogens (tertiary/aromatic N) is 2. The molecule has 1 saturated carbocycles. The van der Waals surface area contributed by atoms with Gasteiger partial charge in [-0.15, -0.1) is 0 Å². The van der Waals surface area contributed by atoms with Crippen molar-refractivity contribution in [2.45, 2.75) is 56.9 Å². The van der Waals surface area contributed by atoms with Gasteiger partial charge in [-0.3, -0.25) is 4.79 Å². The molecule has 1 heterocycles. The highest BCUT2D eigenvalue weighted by atomic mass is 19.1. The van der Waals surface area contributed by atoms with Crippen molar-refractivity contribution in [3.63, 3.8) is 0 Å². The molecule has 1 aliphatic carbocycles. The van der Waals surface area contributed by atoms with Gasteiger partial charge in [-0.2, -0.15) is 0 Å². The summed E-state index contributed by atoms with van der Waals surface area (Å²) in [5.41, 5.74) is 3.13. The van der Waals surface area contributed by atoms with Crippen LogP contribution in [0.4, 0.5) is 8.78 Å². The summed E-state index contributed by atoms with van der Waals surface area (Å²) in [6.07, 6.45) is 7.83. The summed E-state index contributed by atoms with van der Waals surface area (Å²) in [7, 11) is 1.90. The Balaban J connectivity index is 1.16. The fourth-order valence-corrected chi connectivity index (χ4v) is 6.72. The monoisotopic (exact) mass is 530 g/mol. The highest BCUT2D eigenvalue weighted by Crippen LogP contribution is 2.42. The molecule has 1 amide bonds. The molecule has 0 aromatic heterocycles. The molecule has 5 rings (SSSR count). The molecule has 1 saturated heterocycles. The first-order chi connectivity index (χ1) is 19.0. The fourth-order valence-electron chi connectivity index (χ4n) is 6.72. The summed E-state index contributed by atoms with van der Waals surface area (Å²) in [6.45, 7) is 3.33. The van der Waals surface area contributed by atoms with E-state index in [0.717, 1.165) is 51.2 Å². The zero-order valence-corrected chi connectivity index (χ0v) is 22.9. The maximum absolute atomic E-state index is 13.4. The molecule has 0 spiro atoms. The van der Waals surface area contributed by atoms with Gasteiger partial charge in [0.05, 0.1) is 0 Å². The van der Waals surface area contributed by atoms with E-state index in [2.05, 4.69) is 35.2 Å². The first kappa shape index (κ1) is 27.5. The number of hydrogen-bond acceptors (Lipinski definition) is 2. The first-order valence-electron chi connectivity index (χ1n) is 14.5. The Labute approximate surface area is 231 Å². The maximum Gasteiger partial charge on any atom is 0.253 e. The number of piperidine rings is 1. The molecular weight excluding hydrogens is 490 g/mol. The van der Waals surface area contributed by atoms with Crippen molar-refractivity contribution in [1.82, 2.24) is 9.80 Å². The summed E-state index contributed by atoms with van der Waals surface area (Å²) in [4.78, 5) is 17.7. The molecule has 1 aliphatic heterocycles.